The number of methoxy groups -OCH3 is 1. The van der Waals surface area contributed by atoms with Crippen molar-refractivity contribution in [1.82, 2.24) is 4.90 Å². The summed E-state index contributed by atoms with van der Waals surface area (Å²) in [5.74, 6) is -0.644. The van der Waals surface area contributed by atoms with Crippen LogP contribution in [0.25, 0.3) is 11.1 Å². The van der Waals surface area contributed by atoms with Gasteiger partial charge in [0.05, 0.1) is 7.11 Å². The Labute approximate surface area is 152 Å². The van der Waals surface area contributed by atoms with Crippen LogP contribution in [0.4, 0.5) is 0 Å². The van der Waals surface area contributed by atoms with E-state index in [2.05, 4.69) is 0 Å². The molecule has 2 aromatic rings. The molecule has 26 heavy (non-hydrogen) atoms. The second-order valence-corrected chi connectivity index (χ2v) is 6.62. The molecule has 2 atom stereocenters. The molecule has 3 rings (SSSR count). The van der Waals surface area contributed by atoms with Crippen LogP contribution in [-0.4, -0.2) is 58.1 Å². The number of benzene rings is 2. The van der Waals surface area contributed by atoms with E-state index >= 15 is 0 Å². The van der Waals surface area contributed by atoms with Gasteiger partial charge in [-0.15, -0.1) is 0 Å². The average molecular weight is 357 g/mol. The van der Waals surface area contributed by atoms with Crippen molar-refractivity contribution in [2.45, 2.75) is 24.7 Å². The van der Waals surface area contributed by atoms with Crippen LogP contribution in [-0.2, 0) is 11.3 Å². The number of aliphatic carboxylic acids is 1. The largest absolute Gasteiger partial charge is 0.496 e. The number of aliphatic hydroxyl groups is 2. The SMILES string of the molecule is COc1cc(-c2ccccc2)ccc1CN1CC[C@](O)(C(=O)O)[C@@H](O)C1. The molecule has 6 nitrogen and oxygen atoms in total. The topological polar surface area (TPSA) is 90.2 Å². The highest BCUT2D eigenvalue weighted by atomic mass is 16.5. The summed E-state index contributed by atoms with van der Waals surface area (Å²) < 4.78 is 5.52. The van der Waals surface area contributed by atoms with Gasteiger partial charge < -0.3 is 20.1 Å². The summed E-state index contributed by atoms with van der Waals surface area (Å²) in [6, 6.07) is 16.0. The molecule has 0 spiro atoms. The molecule has 3 N–H and O–H groups in total. The van der Waals surface area contributed by atoms with Crippen molar-refractivity contribution < 1.29 is 24.9 Å². The average Bonchev–Trinajstić information content (AvgIpc) is 2.65. The molecule has 0 aliphatic carbocycles. The predicted molar refractivity (Wildman–Crippen MR) is 96.9 cm³/mol. The second kappa shape index (κ2) is 7.45. The fraction of sp³-hybridized carbons (Fsp3) is 0.350. The first-order valence-corrected chi connectivity index (χ1v) is 8.52. The number of hydrogen-bond acceptors (Lipinski definition) is 5. The maximum Gasteiger partial charge on any atom is 0.338 e. The summed E-state index contributed by atoms with van der Waals surface area (Å²) in [6.45, 7) is 0.973. The van der Waals surface area contributed by atoms with Gasteiger partial charge in [-0.1, -0.05) is 42.5 Å². The lowest BCUT2D eigenvalue weighted by Crippen LogP contribution is -2.59. The number of carbonyl (C=O) groups is 1. The van der Waals surface area contributed by atoms with Gasteiger partial charge in [0.15, 0.2) is 5.60 Å². The molecule has 2 aromatic carbocycles. The highest BCUT2D eigenvalue weighted by Gasteiger charge is 2.47. The number of piperidine rings is 1. The first-order valence-electron chi connectivity index (χ1n) is 8.52. The van der Waals surface area contributed by atoms with E-state index in [1.807, 2.05) is 53.4 Å². The molecule has 1 aliphatic rings. The lowest BCUT2D eigenvalue weighted by molar-refractivity contribution is -0.181. The Kier molecular flexibility index (Phi) is 5.27. The Morgan fingerprint density at radius 3 is 2.58 bits per heavy atom. The molecule has 0 radical (unpaired) electrons. The minimum atomic E-state index is -2.07. The molecular formula is C20H23NO5. The third kappa shape index (κ3) is 3.58. The van der Waals surface area contributed by atoms with Crippen LogP contribution < -0.4 is 4.74 Å². The number of likely N-dealkylation sites (tertiary alicyclic amines) is 1. The van der Waals surface area contributed by atoms with E-state index in [-0.39, 0.29) is 13.0 Å². The standard InChI is InChI=1S/C20H23NO5/c1-26-17-11-15(14-5-3-2-4-6-14)7-8-16(17)12-21-10-9-20(25,19(23)24)18(22)13-21/h2-8,11,18,22,25H,9-10,12-13H2,1H3,(H,23,24)/t18-,20+/m0/s1. The molecule has 0 amide bonds. The minimum Gasteiger partial charge on any atom is -0.496 e. The van der Waals surface area contributed by atoms with Crippen molar-refractivity contribution in [3.63, 3.8) is 0 Å². The quantitative estimate of drug-likeness (QED) is 0.755. The van der Waals surface area contributed by atoms with Gasteiger partial charge in [-0.3, -0.25) is 4.90 Å². The molecule has 138 valence electrons. The van der Waals surface area contributed by atoms with Crippen LogP contribution in [0.5, 0.6) is 5.75 Å². The lowest BCUT2D eigenvalue weighted by atomic mass is 9.88. The molecular weight excluding hydrogens is 334 g/mol. The van der Waals surface area contributed by atoms with Crippen molar-refractivity contribution in [2.24, 2.45) is 0 Å². The van der Waals surface area contributed by atoms with Gasteiger partial charge in [-0.2, -0.15) is 0 Å². The summed E-state index contributed by atoms with van der Waals surface area (Å²) >= 11 is 0. The summed E-state index contributed by atoms with van der Waals surface area (Å²) in [7, 11) is 1.61. The van der Waals surface area contributed by atoms with E-state index in [0.717, 1.165) is 22.4 Å². The van der Waals surface area contributed by atoms with Crippen LogP contribution in [0, 0.1) is 0 Å². The van der Waals surface area contributed by atoms with Crippen molar-refractivity contribution in [3.05, 3.63) is 54.1 Å². The van der Waals surface area contributed by atoms with Crippen molar-refractivity contribution in [3.8, 4) is 16.9 Å². The highest BCUT2D eigenvalue weighted by molar-refractivity contribution is 5.78. The number of carboxylic acids is 1. The van der Waals surface area contributed by atoms with Gasteiger partial charge >= 0.3 is 5.97 Å². The first kappa shape index (κ1) is 18.4. The number of carboxylic acid groups (broad SMARTS) is 1. The fourth-order valence-electron chi connectivity index (χ4n) is 3.30. The fourth-order valence-corrected chi connectivity index (χ4v) is 3.30. The normalized spacial score (nSPS) is 23.6. The molecule has 0 unspecified atom stereocenters. The second-order valence-electron chi connectivity index (χ2n) is 6.62. The molecule has 6 heteroatoms. The van der Waals surface area contributed by atoms with E-state index in [0.29, 0.717) is 13.1 Å². The van der Waals surface area contributed by atoms with Crippen LogP contribution >= 0.6 is 0 Å². The van der Waals surface area contributed by atoms with Crippen molar-refractivity contribution in [1.29, 1.82) is 0 Å². The van der Waals surface area contributed by atoms with Gasteiger partial charge in [0.2, 0.25) is 0 Å². The molecule has 1 saturated heterocycles. The van der Waals surface area contributed by atoms with Crippen LogP contribution in [0.2, 0.25) is 0 Å². The third-order valence-corrected chi connectivity index (χ3v) is 4.95. The molecule has 0 bridgehead atoms. The minimum absolute atomic E-state index is 0.0199. The zero-order chi connectivity index (χ0) is 18.7. The van der Waals surface area contributed by atoms with E-state index in [4.69, 9.17) is 9.84 Å². The van der Waals surface area contributed by atoms with E-state index in [9.17, 15) is 15.0 Å². The Hall–Kier alpha value is -2.41. The number of aliphatic hydroxyl groups excluding tert-OH is 1. The van der Waals surface area contributed by atoms with E-state index < -0.39 is 17.7 Å². The Morgan fingerprint density at radius 2 is 1.96 bits per heavy atom. The Morgan fingerprint density at radius 1 is 1.23 bits per heavy atom. The van der Waals surface area contributed by atoms with Crippen molar-refractivity contribution >= 4 is 5.97 Å². The number of nitrogens with zero attached hydrogens (tertiary/aromatic N) is 1. The smallest absolute Gasteiger partial charge is 0.338 e. The monoisotopic (exact) mass is 357 g/mol. The van der Waals surface area contributed by atoms with Gasteiger partial charge in [0.25, 0.3) is 0 Å². The maximum atomic E-state index is 11.2. The predicted octanol–water partition coefficient (Wildman–Crippen LogP) is 1.74. The summed E-state index contributed by atoms with van der Waals surface area (Å²) in [6.07, 6.45) is -1.35. The van der Waals surface area contributed by atoms with Gasteiger partial charge in [0.1, 0.15) is 11.9 Å². The summed E-state index contributed by atoms with van der Waals surface area (Å²) in [4.78, 5) is 13.1. The number of rotatable bonds is 5. The number of ether oxygens (including phenoxy) is 1. The van der Waals surface area contributed by atoms with Crippen LogP contribution in [0.15, 0.2) is 48.5 Å². The first-order chi connectivity index (χ1) is 12.4. The Balaban J connectivity index is 1.75. The molecule has 0 aromatic heterocycles. The molecule has 1 aliphatic heterocycles. The van der Waals surface area contributed by atoms with Crippen molar-refractivity contribution in [2.75, 3.05) is 20.2 Å². The molecule has 1 heterocycles. The molecule has 1 fully saturated rings. The maximum absolute atomic E-state index is 11.2. The summed E-state index contributed by atoms with van der Waals surface area (Å²) in [5, 5.41) is 29.2. The van der Waals surface area contributed by atoms with Gasteiger partial charge in [-0.05, 0) is 17.2 Å². The third-order valence-electron chi connectivity index (χ3n) is 4.95. The van der Waals surface area contributed by atoms with Crippen LogP contribution in [0.1, 0.15) is 12.0 Å². The molecule has 0 saturated carbocycles. The highest BCUT2D eigenvalue weighted by Crippen LogP contribution is 2.30. The zero-order valence-corrected chi connectivity index (χ0v) is 14.6. The lowest BCUT2D eigenvalue weighted by Gasteiger charge is -2.39. The zero-order valence-electron chi connectivity index (χ0n) is 14.6. The van der Waals surface area contributed by atoms with E-state index in [1.165, 1.54) is 0 Å². The summed E-state index contributed by atoms with van der Waals surface area (Å²) in [5.41, 5.74) is 1.01. The number of β-amino-alcohol motifs (C(OH)–C–C–N with tert-alkyl or cyclic N) is 1. The van der Waals surface area contributed by atoms with Gasteiger partial charge in [-0.25, -0.2) is 4.79 Å². The van der Waals surface area contributed by atoms with Gasteiger partial charge in [0, 0.05) is 31.6 Å². The Bertz CT molecular complexity index is 779. The number of hydrogen-bond donors (Lipinski definition) is 3. The van der Waals surface area contributed by atoms with Crippen LogP contribution in [0.3, 0.4) is 0 Å². The van der Waals surface area contributed by atoms with E-state index in [1.54, 1.807) is 7.11 Å².